The molecule has 2 aromatic rings. The Bertz CT molecular complexity index is 551. The van der Waals surface area contributed by atoms with Crippen LogP contribution in [0, 0.1) is 0 Å². The Balaban J connectivity index is 1.82. The van der Waals surface area contributed by atoms with Crippen molar-refractivity contribution < 1.29 is 4.74 Å². The van der Waals surface area contributed by atoms with E-state index >= 15 is 0 Å². The monoisotopic (exact) mass is 347 g/mol. The van der Waals surface area contributed by atoms with Gasteiger partial charge in [0.2, 0.25) is 0 Å². The number of hydrogen-bond acceptors (Lipinski definition) is 2. The first-order chi connectivity index (χ1) is 10.1. The lowest BCUT2D eigenvalue weighted by atomic mass is 10.1. The van der Waals surface area contributed by atoms with Gasteiger partial charge >= 0.3 is 0 Å². The van der Waals surface area contributed by atoms with Crippen LogP contribution in [0.15, 0.2) is 53.0 Å². The summed E-state index contributed by atoms with van der Waals surface area (Å²) in [5, 5.41) is 0. The van der Waals surface area contributed by atoms with Gasteiger partial charge in [0.1, 0.15) is 12.4 Å². The van der Waals surface area contributed by atoms with Crippen molar-refractivity contribution in [1.82, 2.24) is 4.90 Å². The lowest BCUT2D eigenvalue weighted by Crippen LogP contribution is -2.13. The second kappa shape index (κ2) is 8.20. The van der Waals surface area contributed by atoms with Crippen LogP contribution in [0.4, 0.5) is 0 Å². The summed E-state index contributed by atoms with van der Waals surface area (Å²) in [7, 11) is 4.22. The maximum Gasteiger partial charge on any atom is 0.119 e. The lowest BCUT2D eigenvalue weighted by molar-refractivity contribution is 0.306. The fourth-order valence-electron chi connectivity index (χ4n) is 2.15. The third kappa shape index (κ3) is 5.90. The molecule has 0 radical (unpaired) electrons. The van der Waals surface area contributed by atoms with E-state index in [4.69, 9.17) is 4.74 Å². The van der Waals surface area contributed by atoms with Crippen LogP contribution in [0.25, 0.3) is 0 Å². The van der Waals surface area contributed by atoms with Gasteiger partial charge in [-0.2, -0.15) is 0 Å². The van der Waals surface area contributed by atoms with Crippen LogP contribution in [0.2, 0.25) is 0 Å². The van der Waals surface area contributed by atoms with Gasteiger partial charge in [-0.05, 0) is 68.9 Å². The number of rotatable bonds is 7. The third-order valence-electron chi connectivity index (χ3n) is 3.29. The van der Waals surface area contributed by atoms with Crippen LogP contribution < -0.4 is 4.74 Å². The van der Waals surface area contributed by atoms with Crippen LogP contribution in [0.3, 0.4) is 0 Å². The van der Waals surface area contributed by atoms with Crippen molar-refractivity contribution in [2.75, 3.05) is 20.6 Å². The van der Waals surface area contributed by atoms with Gasteiger partial charge in [-0.3, -0.25) is 0 Å². The van der Waals surface area contributed by atoms with Crippen molar-refractivity contribution in [1.29, 1.82) is 0 Å². The van der Waals surface area contributed by atoms with Crippen molar-refractivity contribution in [2.24, 2.45) is 0 Å². The first kappa shape index (κ1) is 16.1. The topological polar surface area (TPSA) is 12.5 Å². The minimum Gasteiger partial charge on any atom is -0.489 e. The average Bonchev–Trinajstić information content (AvgIpc) is 2.46. The van der Waals surface area contributed by atoms with Gasteiger partial charge in [-0.1, -0.05) is 40.2 Å². The molecule has 0 heterocycles. The molecule has 0 N–H and O–H groups in total. The van der Waals surface area contributed by atoms with E-state index in [9.17, 15) is 0 Å². The molecular weight excluding hydrogens is 326 g/mol. The van der Waals surface area contributed by atoms with E-state index in [-0.39, 0.29) is 0 Å². The summed E-state index contributed by atoms with van der Waals surface area (Å²) < 4.78 is 6.90. The normalized spacial score (nSPS) is 10.9. The summed E-state index contributed by atoms with van der Waals surface area (Å²) in [5.74, 6) is 0.923. The molecule has 0 atom stereocenters. The number of aryl methyl sites for hydroxylation is 1. The molecule has 112 valence electrons. The highest BCUT2D eigenvalue weighted by Gasteiger charge is 1.99. The van der Waals surface area contributed by atoms with E-state index < -0.39 is 0 Å². The Morgan fingerprint density at radius 2 is 1.76 bits per heavy atom. The number of ether oxygens (including phenoxy) is 1. The van der Waals surface area contributed by atoms with Crippen molar-refractivity contribution in [3.63, 3.8) is 0 Å². The second-order valence-corrected chi connectivity index (χ2v) is 6.39. The molecule has 0 aromatic heterocycles. The zero-order chi connectivity index (χ0) is 15.1. The van der Waals surface area contributed by atoms with Crippen LogP contribution in [0.5, 0.6) is 5.75 Å². The van der Waals surface area contributed by atoms with Crippen molar-refractivity contribution in [2.45, 2.75) is 19.4 Å². The molecule has 0 amide bonds. The largest absolute Gasteiger partial charge is 0.489 e. The molecule has 21 heavy (non-hydrogen) atoms. The maximum atomic E-state index is 5.82. The Kier molecular flexibility index (Phi) is 6.27. The van der Waals surface area contributed by atoms with E-state index in [1.807, 2.05) is 12.1 Å². The van der Waals surface area contributed by atoms with E-state index in [0.29, 0.717) is 6.61 Å². The minimum atomic E-state index is 0.597. The molecule has 0 bridgehead atoms. The highest BCUT2D eigenvalue weighted by Crippen LogP contribution is 2.17. The Morgan fingerprint density at radius 1 is 1.00 bits per heavy atom. The summed E-state index contributed by atoms with van der Waals surface area (Å²) in [6.07, 6.45) is 2.30. The Hall–Kier alpha value is -1.32. The Labute approximate surface area is 135 Å². The minimum absolute atomic E-state index is 0.597. The molecule has 2 nitrogen and oxygen atoms in total. The highest BCUT2D eigenvalue weighted by atomic mass is 79.9. The number of benzene rings is 2. The molecule has 2 aromatic carbocycles. The first-order valence-corrected chi connectivity index (χ1v) is 8.04. The van der Waals surface area contributed by atoms with Gasteiger partial charge < -0.3 is 9.64 Å². The zero-order valence-electron chi connectivity index (χ0n) is 12.7. The molecule has 0 saturated carbocycles. The highest BCUT2D eigenvalue weighted by molar-refractivity contribution is 9.10. The molecule has 0 saturated heterocycles. The van der Waals surface area contributed by atoms with Crippen molar-refractivity contribution >= 4 is 15.9 Å². The lowest BCUT2D eigenvalue weighted by Gasteiger charge is -2.10. The molecule has 0 fully saturated rings. The van der Waals surface area contributed by atoms with Gasteiger partial charge in [0.05, 0.1) is 0 Å². The fourth-order valence-corrected chi connectivity index (χ4v) is 2.59. The van der Waals surface area contributed by atoms with Crippen LogP contribution in [0.1, 0.15) is 17.5 Å². The molecule has 3 heteroatoms. The van der Waals surface area contributed by atoms with Gasteiger partial charge in [0, 0.05) is 4.47 Å². The van der Waals surface area contributed by atoms with Crippen molar-refractivity contribution in [3.05, 3.63) is 64.1 Å². The van der Waals surface area contributed by atoms with E-state index in [0.717, 1.165) is 23.2 Å². The average molecular weight is 348 g/mol. The summed E-state index contributed by atoms with van der Waals surface area (Å²) in [5.41, 5.74) is 2.53. The van der Waals surface area contributed by atoms with E-state index in [1.54, 1.807) is 0 Å². The smallest absolute Gasteiger partial charge is 0.119 e. The van der Waals surface area contributed by atoms with Crippen LogP contribution in [-0.2, 0) is 13.0 Å². The molecular formula is C18H22BrNO. The molecule has 0 aliphatic heterocycles. The second-order valence-electron chi connectivity index (χ2n) is 5.47. The fraction of sp³-hybridized carbons (Fsp3) is 0.333. The van der Waals surface area contributed by atoms with Gasteiger partial charge in [-0.25, -0.2) is 0 Å². The molecule has 2 rings (SSSR count). The van der Waals surface area contributed by atoms with Gasteiger partial charge in [-0.15, -0.1) is 0 Å². The van der Waals surface area contributed by atoms with E-state index in [2.05, 4.69) is 71.3 Å². The molecule has 0 aliphatic carbocycles. The standard InChI is InChI=1S/C18H22BrNO/c1-20(2)12-4-6-15-8-10-18(11-9-15)21-14-16-5-3-7-17(19)13-16/h3,5,7-11,13H,4,6,12,14H2,1-2H3. The molecule has 0 unspecified atom stereocenters. The predicted octanol–water partition coefficient (Wildman–Crippen LogP) is 4.52. The summed E-state index contributed by atoms with van der Waals surface area (Å²) >= 11 is 3.47. The summed E-state index contributed by atoms with van der Waals surface area (Å²) in [6, 6.07) is 16.6. The number of nitrogens with zero attached hydrogens (tertiary/aromatic N) is 1. The zero-order valence-corrected chi connectivity index (χ0v) is 14.3. The van der Waals surface area contributed by atoms with Crippen LogP contribution in [-0.4, -0.2) is 25.5 Å². The van der Waals surface area contributed by atoms with Crippen LogP contribution >= 0.6 is 15.9 Å². The summed E-state index contributed by atoms with van der Waals surface area (Å²) in [6.45, 7) is 1.72. The Morgan fingerprint density at radius 3 is 2.43 bits per heavy atom. The van der Waals surface area contributed by atoms with Gasteiger partial charge in [0.15, 0.2) is 0 Å². The number of hydrogen-bond donors (Lipinski definition) is 0. The predicted molar refractivity (Wildman–Crippen MR) is 91.8 cm³/mol. The molecule has 0 spiro atoms. The first-order valence-electron chi connectivity index (χ1n) is 7.24. The maximum absolute atomic E-state index is 5.82. The molecule has 0 aliphatic rings. The number of halogens is 1. The quantitative estimate of drug-likeness (QED) is 0.729. The van der Waals surface area contributed by atoms with Crippen molar-refractivity contribution in [3.8, 4) is 5.75 Å². The van der Waals surface area contributed by atoms with E-state index in [1.165, 1.54) is 17.5 Å². The third-order valence-corrected chi connectivity index (χ3v) is 3.78. The SMILES string of the molecule is CN(C)CCCc1ccc(OCc2cccc(Br)c2)cc1. The summed E-state index contributed by atoms with van der Waals surface area (Å²) in [4.78, 5) is 2.22. The van der Waals surface area contributed by atoms with Gasteiger partial charge in [0.25, 0.3) is 0 Å².